The van der Waals surface area contributed by atoms with Gasteiger partial charge in [0.15, 0.2) is 0 Å². The second kappa shape index (κ2) is 6.16. The molecule has 0 spiro atoms. The van der Waals surface area contributed by atoms with E-state index in [0.717, 1.165) is 11.6 Å². The lowest BCUT2D eigenvalue weighted by Gasteiger charge is -2.36. The first kappa shape index (κ1) is 17.2. The molecule has 4 aromatic rings. The number of nitrogens with zero attached hydrogens (tertiary/aromatic N) is 1. The van der Waals surface area contributed by atoms with Gasteiger partial charge in [-0.25, -0.2) is 0 Å². The van der Waals surface area contributed by atoms with Crippen LogP contribution in [-0.4, -0.2) is 4.98 Å². The van der Waals surface area contributed by atoms with Crippen LogP contribution in [0.2, 0.25) is 0 Å². The fraction of sp³-hybridized carbons (Fsp3) is 0.321. The van der Waals surface area contributed by atoms with Crippen molar-refractivity contribution in [2.75, 3.05) is 0 Å². The smallest absolute Gasteiger partial charge is 0.0786 e. The molecule has 2 aliphatic carbocycles. The minimum atomic E-state index is -0.0294. The molecule has 1 heterocycles. The van der Waals surface area contributed by atoms with Crippen molar-refractivity contribution in [3.05, 3.63) is 77.5 Å². The van der Waals surface area contributed by atoms with Gasteiger partial charge in [-0.1, -0.05) is 69.5 Å². The second-order valence-electron chi connectivity index (χ2n) is 9.53. The zero-order chi connectivity index (χ0) is 19.6. The summed E-state index contributed by atoms with van der Waals surface area (Å²) >= 11 is 0. The van der Waals surface area contributed by atoms with E-state index in [1.165, 1.54) is 70.3 Å². The van der Waals surface area contributed by atoms with Crippen molar-refractivity contribution in [2.45, 2.75) is 57.3 Å². The lowest BCUT2D eigenvalue weighted by Crippen LogP contribution is -2.24. The van der Waals surface area contributed by atoms with Gasteiger partial charge < -0.3 is 0 Å². The van der Waals surface area contributed by atoms with E-state index < -0.39 is 0 Å². The monoisotopic (exact) mass is 377 g/mol. The summed E-state index contributed by atoms with van der Waals surface area (Å²) in [5.41, 5.74) is 6.84. The first-order valence-corrected chi connectivity index (χ1v) is 11.1. The first-order valence-electron chi connectivity index (χ1n) is 11.1. The van der Waals surface area contributed by atoms with Gasteiger partial charge in [0.1, 0.15) is 0 Å². The molecule has 0 radical (unpaired) electrons. The zero-order valence-electron chi connectivity index (χ0n) is 17.3. The SMILES string of the molecule is CC1(C)c2cc3ccccc3cc2-c2nccc3cc(C4CCCCC4)cc1c23. The third-order valence-electron chi connectivity index (χ3n) is 7.45. The van der Waals surface area contributed by atoms with E-state index in [4.69, 9.17) is 4.98 Å². The van der Waals surface area contributed by atoms with E-state index in [2.05, 4.69) is 68.4 Å². The average Bonchev–Trinajstić information content (AvgIpc) is 2.77. The van der Waals surface area contributed by atoms with Crippen molar-refractivity contribution in [3.63, 3.8) is 0 Å². The Labute approximate surface area is 172 Å². The number of fused-ring (bicyclic) bond motifs is 3. The van der Waals surface area contributed by atoms with Gasteiger partial charge in [-0.05, 0) is 69.8 Å². The zero-order valence-corrected chi connectivity index (χ0v) is 17.3. The number of benzene rings is 3. The van der Waals surface area contributed by atoms with Crippen LogP contribution in [0.5, 0.6) is 0 Å². The van der Waals surface area contributed by atoms with Crippen LogP contribution in [0.4, 0.5) is 0 Å². The van der Waals surface area contributed by atoms with Crippen molar-refractivity contribution in [3.8, 4) is 11.3 Å². The van der Waals surface area contributed by atoms with Gasteiger partial charge in [0.2, 0.25) is 0 Å². The van der Waals surface area contributed by atoms with Gasteiger partial charge in [-0.15, -0.1) is 0 Å². The molecule has 1 fully saturated rings. The lowest BCUT2D eigenvalue weighted by atomic mass is 9.68. The molecule has 2 aliphatic rings. The molecule has 0 saturated heterocycles. The minimum Gasteiger partial charge on any atom is -0.256 e. The molecule has 0 atom stereocenters. The van der Waals surface area contributed by atoms with Gasteiger partial charge >= 0.3 is 0 Å². The van der Waals surface area contributed by atoms with Gasteiger partial charge in [0.25, 0.3) is 0 Å². The molecule has 1 heteroatoms. The van der Waals surface area contributed by atoms with Crippen LogP contribution in [0.15, 0.2) is 60.8 Å². The Morgan fingerprint density at radius 3 is 2.34 bits per heavy atom. The van der Waals surface area contributed by atoms with Gasteiger partial charge in [-0.2, -0.15) is 0 Å². The number of hydrogen-bond donors (Lipinski definition) is 0. The molecule has 1 saturated carbocycles. The summed E-state index contributed by atoms with van der Waals surface area (Å²) in [7, 11) is 0. The van der Waals surface area contributed by atoms with E-state index >= 15 is 0 Å². The predicted octanol–water partition coefficient (Wildman–Crippen LogP) is 7.74. The Hall–Kier alpha value is -2.67. The van der Waals surface area contributed by atoms with E-state index in [1.54, 1.807) is 5.56 Å². The van der Waals surface area contributed by atoms with Gasteiger partial charge in [-0.3, -0.25) is 4.98 Å². The highest BCUT2D eigenvalue weighted by molar-refractivity contribution is 6.04. The Balaban J connectivity index is 1.67. The Morgan fingerprint density at radius 2 is 1.55 bits per heavy atom. The maximum absolute atomic E-state index is 4.89. The average molecular weight is 378 g/mol. The second-order valence-corrected chi connectivity index (χ2v) is 9.53. The van der Waals surface area contributed by atoms with Crippen LogP contribution < -0.4 is 0 Å². The van der Waals surface area contributed by atoms with E-state index in [-0.39, 0.29) is 5.41 Å². The van der Waals surface area contributed by atoms with Crippen molar-refractivity contribution in [2.24, 2.45) is 0 Å². The Kier molecular flexibility index (Phi) is 3.66. The molecular weight excluding hydrogens is 350 g/mol. The highest BCUT2D eigenvalue weighted by atomic mass is 14.7. The maximum Gasteiger partial charge on any atom is 0.0786 e. The molecule has 0 bridgehead atoms. The number of hydrogen-bond acceptors (Lipinski definition) is 1. The van der Waals surface area contributed by atoms with Crippen molar-refractivity contribution < 1.29 is 0 Å². The normalized spacial score (nSPS) is 18.1. The lowest BCUT2D eigenvalue weighted by molar-refractivity contribution is 0.443. The molecule has 0 aliphatic heterocycles. The highest BCUT2D eigenvalue weighted by Crippen LogP contribution is 2.50. The van der Waals surface area contributed by atoms with Crippen molar-refractivity contribution in [1.29, 1.82) is 0 Å². The van der Waals surface area contributed by atoms with E-state index in [0.29, 0.717) is 0 Å². The van der Waals surface area contributed by atoms with E-state index in [1.807, 2.05) is 6.20 Å². The molecule has 6 rings (SSSR count). The topological polar surface area (TPSA) is 12.9 Å². The van der Waals surface area contributed by atoms with Gasteiger partial charge in [0.05, 0.1) is 5.69 Å². The number of pyridine rings is 1. The predicted molar refractivity (Wildman–Crippen MR) is 123 cm³/mol. The summed E-state index contributed by atoms with van der Waals surface area (Å²) in [6.45, 7) is 4.80. The quantitative estimate of drug-likeness (QED) is 0.330. The van der Waals surface area contributed by atoms with Crippen molar-refractivity contribution >= 4 is 21.5 Å². The summed E-state index contributed by atoms with van der Waals surface area (Å²) in [6.07, 6.45) is 8.82. The minimum absolute atomic E-state index is 0.0294. The molecule has 0 N–H and O–H groups in total. The summed E-state index contributed by atoms with van der Waals surface area (Å²) in [5, 5.41) is 5.33. The molecule has 1 nitrogen and oxygen atoms in total. The summed E-state index contributed by atoms with van der Waals surface area (Å²) in [4.78, 5) is 4.89. The van der Waals surface area contributed by atoms with Crippen molar-refractivity contribution in [1.82, 2.24) is 4.98 Å². The molecule has 144 valence electrons. The Bertz CT molecular complexity index is 1260. The van der Waals surface area contributed by atoms with Crippen LogP contribution >= 0.6 is 0 Å². The van der Waals surface area contributed by atoms with Crippen LogP contribution in [0.1, 0.15) is 68.6 Å². The van der Waals surface area contributed by atoms with Crippen LogP contribution in [0, 0.1) is 0 Å². The first-order chi connectivity index (χ1) is 14.1. The fourth-order valence-corrected chi connectivity index (χ4v) is 5.81. The molecule has 1 aromatic heterocycles. The highest BCUT2D eigenvalue weighted by Gasteiger charge is 2.35. The van der Waals surface area contributed by atoms with Crippen LogP contribution in [-0.2, 0) is 5.41 Å². The largest absolute Gasteiger partial charge is 0.256 e. The van der Waals surface area contributed by atoms with Crippen LogP contribution in [0.25, 0.3) is 32.8 Å². The summed E-state index contributed by atoms with van der Waals surface area (Å²) < 4.78 is 0. The molecule has 3 aromatic carbocycles. The summed E-state index contributed by atoms with van der Waals surface area (Å²) in [6, 6.07) is 20.7. The molecule has 0 amide bonds. The molecule has 29 heavy (non-hydrogen) atoms. The third-order valence-corrected chi connectivity index (χ3v) is 7.45. The number of rotatable bonds is 1. The van der Waals surface area contributed by atoms with Gasteiger partial charge in [0, 0.05) is 22.6 Å². The van der Waals surface area contributed by atoms with E-state index in [9.17, 15) is 0 Å². The molecule has 0 unspecified atom stereocenters. The Morgan fingerprint density at radius 1 is 0.793 bits per heavy atom. The summed E-state index contributed by atoms with van der Waals surface area (Å²) in [5.74, 6) is 0.717. The maximum atomic E-state index is 4.89. The fourth-order valence-electron chi connectivity index (χ4n) is 5.81. The third kappa shape index (κ3) is 2.50. The standard InChI is InChI=1S/C28H27N/c1-28(2)24-16-20-11-7-6-10-19(20)15-23(24)27-26-21(12-13-29-27)14-22(17-25(26)28)18-8-4-3-5-9-18/h6-7,10-18H,3-5,8-9H2,1-2H3. The number of aromatic nitrogens is 1. The van der Waals surface area contributed by atoms with Crippen LogP contribution in [0.3, 0.4) is 0 Å². The molecular formula is C28H27N.